The maximum absolute atomic E-state index is 3.41. The summed E-state index contributed by atoms with van der Waals surface area (Å²) in [4.78, 5) is 0. The molecule has 0 spiro atoms. The first-order valence-corrected chi connectivity index (χ1v) is 4.18. The SMILES string of the molecule is C/C=C(\C)C1CCCNC1. The molecule has 1 atom stereocenters. The fourth-order valence-corrected chi connectivity index (χ4v) is 1.48. The van der Waals surface area contributed by atoms with Crippen molar-refractivity contribution in [2.45, 2.75) is 26.7 Å². The number of nitrogens with one attached hydrogen (secondary N) is 1. The van der Waals surface area contributed by atoms with Gasteiger partial charge in [0.25, 0.3) is 0 Å². The summed E-state index contributed by atoms with van der Waals surface area (Å²) in [5.41, 5.74) is 1.55. The van der Waals surface area contributed by atoms with Crippen LogP contribution in [0.2, 0.25) is 0 Å². The third kappa shape index (κ3) is 1.84. The van der Waals surface area contributed by atoms with Crippen LogP contribution in [-0.4, -0.2) is 13.1 Å². The first kappa shape index (κ1) is 7.80. The van der Waals surface area contributed by atoms with Crippen LogP contribution in [0, 0.1) is 5.92 Å². The normalized spacial score (nSPS) is 28.6. The molecule has 0 aliphatic carbocycles. The van der Waals surface area contributed by atoms with Gasteiger partial charge in [0.1, 0.15) is 0 Å². The molecule has 1 aliphatic rings. The van der Waals surface area contributed by atoms with Crippen molar-refractivity contribution in [1.29, 1.82) is 0 Å². The van der Waals surface area contributed by atoms with Gasteiger partial charge in [-0.2, -0.15) is 0 Å². The quantitative estimate of drug-likeness (QED) is 0.547. The molecule has 1 saturated heterocycles. The van der Waals surface area contributed by atoms with Gasteiger partial charge in [0.05, 0.1) is 0 Å². The van der Waals surface area contributed by atoms with E-state index in [2.05, 4.69) is 25.2 Å². The summed E-state index contributed by atoms with van der Waals surface area (Å²) >= 11 is 0. The zero-order valence-electron chi connectivity index (χ0n) is 6.98. The van der Waals surface area contributed by atoms with Crippen molar-refractivity contribution in [3.8, 4) is 0 Å². The van der Waals surface area contributed by atoms with Crippen LogP contribution >= 0.6 is 0 Å². The zero-order chi connectivity index (χ0) is 7.40. The Morgan fingerprint density at radius 1 is 1.60 bits per heavy atom. The molecule has 58 valence electrons. The van der Waals surface area contributed by atoms with Crippen molar-refractivity contribution in [1.82, 2.24) is 5.32 Å². The van der Waals surface area contributed by atoms with Gasteiger partial charge in [-0.15, -0.1) is 0 Å². The van der Waals surface area contributed by atoms with Gasteiger partial charge in [0, 0.05) is 6.54 Å². The molecule has 0 bridgehead atoms. The Morgan fingerprint density at radius 2 is 2.40 bits per heavy atom. The molecule has 1 aliphatic heterocycles. The minimum Gasteiger partial charge on any atom is -0.316 e. The summed E-state index contributed by atoms with van der Waals surface area (Å²) in [6, 6.07) is 0. The van der Waals surface area contributed by atoms with Crippen molar-refractivity contribution < 1.29 is 0 Å². The lowest BCUT2D eigenvalue weighted by Crippen LogP contribution is -2.30. The molecule has 10 heavy (non-hydrogen) atoms. The van der Waals surface area contributed by atoms with Gasteiger partial charge in [-0.05, 0) is 39.2 Å². The summed E-state index contributed by atoms with van der Waals surface area (Å²) in [5, 5.41) is 3.41. The second-order valence-corrected chi connectivity index (χ2v) is 3.08. The average molecular weight is 139 g/mol. The molecule has 1 nitrogen and oxygen atoms in total. The zero-order valence-corrected chi connectivity index (χ0v) is 6.98. The highest BCUT2D eigenvalue weighted by atomic mass is 14.9. The highest BCUT2D eigenvalue weighted by molar-refractivity contribution is 5.03. The third-order valence-electron chi connectivity index (χ3n) is 2.40. The van der Waals surface area contributed by atoms with Gasteiger partial charge in [-0.3, -0.25) is 0 Å². The smallest absolute Gasteiger partial charge is 0.00167 e. The fraction of sp³-hybridized carbons (Fsp3) is 0.778. The van der Waals surface area contributed by atoms with Gasteiger partial charge in [-0.25, -0.2) is 0 Å². The van der Waals surface area contributed by atoms with Crippen LogP contribution in [0.15, 0.2) is 11.6 Å². The van der Waals surface area contributed by atoms with Gasteiger partial charge >= 0.3 is 0 Å². The third-order valence-corrected chi connectivity index (χ3v) is 2.40. The van der Waals surface area contributed by atoms with Crippen molar-refractivity contribution in [3.05, 3.63) is 11.6 Å². The van der Waals surface area contributed by atoms with Crippen LogP contribution in [0.5, 0.6) is 0 Å². The molecule has 1 unspecified atom stereocenters. The predicted molar refractivity (Wildman–Crippen MR) is 45.0 cm³/mol. The van der Waals surface area contributed by atoms with E-state index >= 15 is 0 Å². The highest BCUT2D eigenvalue weighted by Crippen LogP contribution is 2.18. The number of rotatable bonds is 1. The van der Waals surface area contributed by atoms with Gasteiger partial charge in [0.15, 0.2) is 0 Å². The molecule has 1 fully saturated rings. The molecule has 1 heteroatoms. The van der Waals surface area contributed by atoms with E-state index in [-0.39, 0.29) is 0 Å². The van der Waals surface area contributed by atoms with Gasteiger partial charge in [-0.1, -0.05) is 11.6 Å². The van der Waals surface area contributed by atoms with Gasteiger partial charge < -0.3 is 5.32 Å². The largest absolute Gasteiger partial charge is 0.316 e. The fourth-order valence-electron chi connectivity index (χ4n) is 1.48. The Morgan fingerprint density at radius 3 is 2.90 bits per heavy atom. The van der Waals surface area contributed by atoms with Crippen LogP contribution in [-0.2, 0) is 0 Å². The molecule has 0 aromatic carbocycles. The predicted octanol–water partition coefficient (Wildman–Crippen LogP) is 1.95. The number of allylic oxidation sites excluding steroid dienone is 1. The average Bonchev–Trinajstić information content (AvgIpc) is 2.05. The van der Waals surface area contributed by atoms with E-state index in [0.717, 1.165) is 5.92 Å². The summed E-state index contributed by atoms with van der Waals surface area (Å²) in [7, 11) is 0. The van der Waals surface area contributed by atoms with Crippen molar-refractivity contribution >= 4 is 0 Å². The Labute approximate surface area is 63.5 Å². The van der Waals surface area contributed by atoms with E-state index in [4.69, 9.17) is 0 Å². The molecule has 1 rings (SSSR count). The molecule has 1 N–H and O–H groups in total. The van der Waals surface area contributed by atoms with Crippen LogP contribution < -0.4 is 5.32 Å². The molecule has 0 aromatic heterocycles. The summed E-state index contributed by atoms with van der Waals surface area (Å²) in [6.07, 6.45) is 4.96. The Bertz CT molecular complexity index is 121. The highest BCUT2D eigenvalue weighted by Gasteiger charge is 2.12. The standard InChI is InChI=1S/C9H17N/c1-3-8(2)9-5-4-6-10-7-9/h3,9-10H,4-7H2,1-2H3/b8-3+. The Hall–Kier alpha value is -0.300. The molecular formula is C9H17N. The summed E-state index contributed by atoms with van der Waals surface area (Å²) in [5.74, 6) is 0.818. The molecule has 0 saturated carbocycles. The minimum absolute atomic E-state index is 0.818. The maximum Gasteiger partial charge on any atom is 0.00167 e. The summed E-state index contributed by atoms with van der Waals surface area (Å²) in [6.45, 7) is 6.77. The van der Waals surface area contributed by atoms with Crippen LogP contribution in [0.3, 0.4) is 0 Å². The lowest BCUT2D eigenvalue weighted by molar-refractivity contribution is 0.422. The lowest BCUT2D eigenvalue weighted by atomic mass is 9.92. The molecule has 0 radical (unpaired) electrons. The van der Waals surface area contributed by atoms with E-state index in [1.807, 2.05) is 0 Å². The Kier molecular flexibility index (Phi) is 2.94. The molecular weight excluding hydrogens is 122 g/mol. The van der Waals surface area contributed by atoms with Crippen molar-refractivity contribution in [2.75, 3.05) is 13.1 Å². The molecule has 0 amide bonds. The monoisotopic (exact) mass is 139 g/mol. The molecule has 1 heterocycles. The van der Waals surface area contributed by atoms with Crippen LogP contribution in [0.4, 0.5) is 0 Å². The van der Waals surface area contributed by atoms with Crippen LogP contribution in [0.25, 0.3) is 0 Å². The van der Waals surface area contributed by atoms with Crippen LogP contribution in [0.1, 0.15) is 26.7 Å². The lowest BCUT2D eigenvalue weighted by Gasteiger charge is -2.23. The van der Waals surface area contributed by atoms with Crippen molar-refractivity contribution in [2.24, 2.45) is 5.92 Å². The number of hydrogen-bond donors (Lipinski definition) is 1. The van der Waals surface area contributed by atoms with Gasteiger partial charge in [0.2, 0.25) is 0 Å². The minimum atomic E-state index is 0.818. The second-order valence-electron chi connectivity index (χ2n) is 3.08. The first-order chi connectivity index (χ1) is 4.84. The second kappa shape index (κ2) is 3.77. The van der Waals surface area contributed by atoms with Crippen molar-refractivity contribution in [3.63, 3.8) is 0 Å². The van der Waals surface area contributed by atoms with E-state index < -0.39 is 0 Å². The summed E-state index contributed by atoms with van der Waals surface area (Å²) < 4.78 is 0. The molecule has 0 aromatic rings. The Balaban J connectivity index is 2.39. The topological polar surface area (TPSA) is 12.0 Å². The number of piperidine rings is 1. The van der Waals surface area contributed by atoms with E-state index in [0.29, 0.717) is 0 Å². The van der Waals surface area contributed by atoms with E-state index in [1.165, 1.54) is 25.9 Å². The first-order valence-electron chi connectivity index (χ1n) is 4.18. The maximum atomic E-state index is 3.41. The van der Waals surface area contributed by atoms with E-state index in [9.17, 15) is 0 Å². The number of hydrogen-bond acceptors (Lipinski definition) is 1. The van der Waals surface area contributed by atoms with E-state index in [1.54, 1.807) is 5.57 Å².